The van der Waals surface area contributed by atoms with Crippen LogP contribution in [0.15, 0.2) is 34.9 Å². The molecule has 1 heterocycles. The van der Waals surface area contributed by atoms with Crippen molar-refractivity contribution in [3.8, 4) is 0 Å². The molecule has 2 aromatic rings. The van der Waals surface area contributed by atoms with Gasteiger partial charge >= 0.3 is 0 Å². The first-order chi connectivity index (χ1) is 10.0. The molecule has 0 saturated carbocycles. The van der Waals surface area contributed by atoms with Crippen LogP contribution in [0, 0.1) is 5.82 Å². The lowest BCUT2D eigenvalue weighted by Gasteiger charge is -2.20. The molecule has 0 aliphatic carbocycles. The Hall–Kier alpha value is -1.24. The van der Waals surface area contributed by atoms with Crippen LogP contribution in [0.4, 0.5) is 4.39 Å². The summed E-state index contributed by atoms with van der Waals surface area (Å²) in [5.41, 5.74) is 1.88. The van der Waals surface area contributed by atoms with Gasteiger partial charge in [0.05, 0.1) is 29.0 Å². The van der Waals surface area contributed by atoms with E-state index in [9.17, 15) is 4.39 Å². The number of nitrogens with zero attached hydrogens (tertiary/aromatic N) is 3. The fraction of sp³-hybridized carbons (Fsp3) is 0.400. The molecule has 0 aliphatic heterocycles. The molecule has 2 rings (SSSR count). The monoisotopic (exact) mass is 354 g/mol. The molecule has 0 radical (unpaired) electrons. The van der Waals surface area contributed by atoms with E-state index in [1.54, 1.807) is 18.3 Å². The van der Waals surface area contributed by atoms with Crippen LogP contribution in [0.2, 0.25) is 0 Å². The predicted octanol–water partition coefficient (Wildman–Crippen LogP) is 2.66. The molecule has 1 aromatic carbocycles. The number of nitrogens with one attached hydrogen (secondary N) is 1. The predicted molar refractivity (Wildman–Crippen MR) is 85.8 cm³/mol. The molecule has 21 heavy (non-hydrogen) atoms. The van der Waals surface area contributed by atoms with E-state index in [1.165, 1.54) is 6.07 Å². The summed E-state index contributed by atoms with van der Waals surface area (Å²) in [5.74, 6) is -0.233. The fourth-order valence-electron chi connectivity index (χ4n) is 2.28. The van der Waals surface area contributed by atoms with Crippen LogP contribution in [0.3, 0.4) is 0 Å². The van der Waals surface area contributed by atoms with Gasteiger partial charge in [-0.1, -0.05) is 12.1 Å². The maximum absolute atomic E-state index is 13.5. The third-order valence-electron chi connectivity index (χ3n) is 3.34. The molecule has 1 unspecified atom stereocenters. The molecule has 1 atom stereocenters. The van der Waals surface area contributed by atoms with E-state index in [-0.39, 0.29) is 11.9 Å². The summed E-state index contributed by atoms with van der Waals surface area (Å²) in [6, 6.07) is 6.54. The topological polar surface area (TPSA) is 33.1 Å². The number of likely N-dealkylation sites (N-methyl/N-ethyl adjacent to an activating group) is 1. The van der Waals surface area contributed by atoms with E-state index in [0.717, 1.165) is 28.8 Å². The highest BCUT2D eigenvalue weighted by molar-refractivity contribution is 9.10. The van der Waals surface area contributed by atoms with Crippen molar-refractivity contribution in [3.63, 3.8) is 0 Å². The molecule has 1 aromatic heterocycles. The lowest BCUT2D eigenvalue weighted by Crippen LogP contribution is -2.25. The van der Waals surface area contributed by atoms with Gasteiger partial charge in [-0.2, -0.15) is 5.10 Å². The summed E-state index contributed by atoms with van der Waals surface area (Å²) in [6.07, 6.45) is 1.79. The Morgan fingerprint density at radius 3 is 2.81 bits per heavy atom. The van der Waals surface area contributed by atoms with E-state index < -0.39 is 0 Å². The Balaban J connectivity index is 2.35. The first-order valence-electron chi connectivity index (χ1n) is 6.81. The Kier molecular flexibility index (Phi) is 5.50. The van der Waals surface area contributed by atoms with Gasteiger partial charge in [0.2, 0.25) is 0 Å². The molecule has 0 aliphatic rings. The largest absolute Gasteiger partial charge is 0.308 e. The standard InChI is InChI=1S/C15H20BrFN4/c1-18-14(11-5-4-6-12(17)9-11)15-13(16)10-19-21(15)8-7-20(2)3/h4-6,9-10,14,18H,7-8H2,1-3H3. The highest BCUT2D eigenvalue weighted by atomic mass is 79.9. The number of aromatic nitrogens is 2. The van der Waals surface area contributed by atoms with Gasteiger partial charge < -0.3 is 10.2 Å². The quantitative estimate of drug-likeness (QED) is 0.865. The minimum absolute atomic E-state index is 0.111. The van der Waals surface area contributed by atoms with Gasteiger partial charge in [-0.05, 0) is 54.8 Å². The van der Waals surface area contributed by atoms with Crippen molar-refractivity contribution >= 4 is 15.9 Å². The number of halogens is 2. The second-order valence-electron chi connectivity index (χ2n) is 5.18. The van der Waals surface area contributed by atoms with Crippen LogP contribution in [0.5, 0.6) is 0 Å². The normalized spacial score (nSPS) is 12.9. The zero-order chi connectivity index (χ0) is 15.4. The minimum Gasteiger partial charge on any atom is -0.308 e. The van der Waals surface area contributed by atoms with Gasteiger partial charge in [-0.15, -0.1) is 0 Å². The summed E-state index contributed by atoms with van der Waals surface area (Å²) in [5, 5.41) is 7.66. The molecule has 0 spiro atoms. The first-order valence-corrected chi connectivity index (χ1v) is 7.61. The van der Waals surface area contributed by atoms with Crippen LogP contribution in [-0.2, 0) is 6.54 Å². The molecule has 0 saturated heterocycles. The minimum atomic E-state index is -0.233. The zero-order valence-electron chi connectivity index (χ0n) is 12.5. The van der Waals surface area contributed by atoms with Crippen molar-refractivity contribution in [1.82, 2.24) is 20.0 Å². The van der Waals surface area contributed by atoms with Crippen LogP contribution < -0.4 is 5.32 Å². The lowest BCUT2D eigenvalue weighted by atomic mass is 10.0. The van der Waals surface area contributed by atoms with Gasteiger partial charge in [-0.3, -0.25) is 4.68 Å². The van der Waals surface area contributed by atoms with E-state index in [4.69, 9.17) is 0 Å². The SMILES string of the molecule is CNC(c1cccc(F)c1)c1c(Br)cnn1CCN(C)C. The maximum Gasteiger partial charge on any atom is 0.123 e. The van der Waals surface area contributed by atoms with E-state index in [2.05, 4.69) is 31.2 Å². The molecule has 1 N–H and O–H groups in total. The Bertz CT molecular complexity index is 597. The summed E-state index contributed by atoms with van der Waals surface area (Å²) in [4.78, 5) is 2.11. The van der Waals surface area contributed by atoms with Gasteiger partial charge in [-0.25, -0.2) is 4.39 Å². The fourth-order valence-corrected chi connectivity index (χ4v) is 2.80. The average molecular weight is 355 g/mol. The zero-order valence-corrected chi connectivity index (χ0v) is 14.1. The van der Waals surface area contributed by atoms with Gasteiger partial charge in [0.15, 0.2) is 0 Å². The molecular weight excluding hydrogens is 335 g/mol. The summed E-state index contributed by atoms with van der Waals surface area (Å²) in [7, 11) is 5.92. The second kappa shape index (κ2) is 7.15. The summed E-state index contributed by atoms with van der Waals surface area (Å²) >= 11 is 3.55. The van der Waals surface area contributed by atoms with Crippen LogP contribution in [0.1, 0.15) is 17.3 Å². The van der Waals surface area contributed by atoms with Gasteiger partial charge in [0, 0.05) is 6.54 Å². The molecule has 6 heteroatoms. The average Bonchev–Trinajstić information content (AvgIpc) is 2.79. The van der Waals surface area contributed by atoms with E-state index in [1.807, 2.05) is 31.9 Å². The lowest BCUT2D eigenvalue weighted by molar-refractivity contribution is 0.366. The molecule has 0 bridgehead atoms. The highest BCUT2D eigenvalue weighted by Gasteiger charge is 2.20. The number of hydrogen-bond acceptors (Lipinski definition) is 3. The van der Waals surface area contributed by atoms with Gasteiger partial charge in [0.25, 0.3) is 0 Å². The number of benzene rings is 1. The van der Waals surface area contributed by atoms with Crippen molar-refractivity contribution in [1.29, 1.82) is 0 Å². The smallest absolute Gasteiger partial charge is 0.123 e. The highest BCUT2D eigenvalue weighted by Crippen LogP contribution is 2.28. The summed E-state index contributed by atoms with van der Waals surface area (Å²) < 4.78 is 16.4. The van der Waals surface area contributed by atoms with Crippen molar-refractivity contribution in [2.45, 2.75) is 12.6 Å². The van der Waals surface area contributed by atoms with Crippen molar-refractivity contribution in [3.05, 3.63) is 52.0 Å². The van der Waals surface area contributed by atoms with Crippen molar-refractivity contribution in [2.24, 2.45) is 0 Å². The summed E-state index contributed by atoms with van der Waals surface area (Å²) in [6.45, 7) is 1.67. The van der Waals surface area contributed by atoms with Crippen LogP contribution in [0.25, 0.3) is 0 Å². The molecule has 114 valence electrons. The Labute approximate surface area is 133 Å². The Morgan fingerprint density at radius 1 is 1.43 bits per heavy atom. The first kappa shape index (κ1) is 16.1. The van der Waals surface area contributed by atoms with Crippen LogP contribution >= 0.6 is 15.9 Å². The van der Waals surface area contributed by atoms with Crippen molar-refractivity contribution in [2.75, 3.05) is 27.7 Å². The van der Waals surface area contributed by atoms with Crippen molar-refractivity contribution < 1.29 is 4.39 Å². The number of hydrogen-bond donors (Lipinski definition) is 1. The number of rotatable bonds is 6. The third-order valence-corrected chi connectivity index (χ3v) is 3.95. The van der Waals surface area contributed by atoms with E-state index in [0.29, 0.717) is 0 Å². The molecule has 0 fully saturated rings. The molecule has 4 nitrogen and oxygen atoms in total. The third kappa shape index (κ3) is 3.90. The molecular formula is C15H20BrFN4. The van der Waals surface area contributed by atoms with Crippen LogP contribution in [-0.4, -0.2) is 42.4 Å². The second-order valence-corrected chi connectivity index (χ2v) is 6.04. The van der Waals surface area contributed by atoms with Gasteiger partial charge in [0.1, 0.15) is 5.82 Å². The molecule has 0 amide bonds. The maximum atomic E-state index is 13.5. The Morgan fingerprint density at radius 2 is 2.19 bits per heavy atom. The van der Waals surface area contributed by atoms with E-state index >= 15 is 0 Å².